The number of benzene rings is 3. The summed E-state index contributed by atoms with van der Waals surface area (Å²) in [4.78, 5) is 28.4. The highest BCUT2D eigenvalue weighted by Gasteiger charge is 2.54. The van der Waals surface area contributed by atoms with Crippen molar-refractivity contribution in [1.82, 2.24) is 5.32 Å². The molecule has 1 heterocycles. The molecule has 5 nitrogen and oxygen atoms in total. The van der Waals surface area contributed by atoms with Crippen LogP contribution in [0.5, 0.6) is 5.75 Å². The Morgan fingerprint density at radius 1 is 0.906 bits per heavy atom. The Morgan fingerprint density at radius 2 is 1.56 bits per heavy atom. The average Bonchev–Trinajstić information content (AvgIpc) is 3.66. The van der Waals surface area contributed by atoms with Gasteiger partial charge in [-0.3, -0.25) is 9.59 Å². The third-order valence-corrected chi connectivity index (χ3v) is 6.35. The zero-order valence-electron chi connectivity index (χ0n) is 17.9. The summed E-state index contributed by atoms with van der Waals surface area (Å²) >= 11 is 0. The molecule has 1 atom stereocenters. The van der Waals surface area contributed by atoms with Crippen molar-refractivity contribution in [1.29, 1.82) is 0 Å². The quantitative estimate of drug-likeness (QED) is 0.651. The van der Waals surface area contributed by atoms with Crippen molar-refractivity contribution in [2.45, 2.75) is 30.8 Å². The van der Waals surface area contributed by atoms with Crippen LogP contribution in [0.25, 0.3) is 0 Å². The fraction of sp³-hybridized carbons (Fsp3) is 0.259. The Hall–Kier alpha value is -3.60. The SMILES string of the molecule is O=C(NCCc1ccccc1)C1CN(C(=O)C2(c3ccccc3)CC2)c2ccccc2O1. The van der Waals surface area contributed by atoms with E-state index in [-0.39, 0.29) is 18.4 Å². The smallest absolute Gasteiger partial charge is 0.262 e. The van der Waals surface area contributed by atoms with Gasteiger partial charge >= 0.3 is 0 Å². The number of rotatable bonds is 6. The van der Waals surface area contributed by atoms with Crippen molar-refractivity contribution in [2.75, 3.05) is 18.0 Å². The first kappa shape index (κ1) is 20.3. The summed E-state index contributed by atoms with van der Waals surface area (Å²) in [6.07, 6.45) is 1.65. The second-order valence-corrected chi connectivity index (χ2v) is 8.46. The molecule has 1 saturated carbocycles. The van der Waals surface area contributed by atoms with Crippen LogP contribution < -0.4 is 15.0 Å². The van der Waals surface area contributed by atoms with Crippen LogP contribution in [0.15, 0.2) is 84.9 Å². The normalized spacial score (nSPS) is 18.2. The molecule has 2 aliphatic rings. The van der Waals surface area contributed by atoms with Gasteiger partial charge < -0.3 is 15.0 Å². The summed E-state index contributed by atoms with van der Waals surface area (Å²) in [6.45, 7) is 0.730. The van der Waals surface area contributed by atoms with Crippen LogP contribution in [-0.2, 0) is 21.4 Å². The summed E-state index contributed by atoms with van der Waals surface area (Å²) in [5.74, 6) is 0.415. The number of hydrogen-bond acceptors (Lipinski definition) is 3. The first-order chi connectivity index (χ1) is 15.7. The molecule has 1 fully saturated rings. The van der Waals surface area contributed by atoms with Crippen LogP contribution in [0, 0.1) is 0 Å². The minimum Gasteiger partial charge on any atom is -0.477 e. The van der Waals surface area contributed by atoms with E-state index >= 15 is 0 Å². The lowest BCUT2D eigenvalue weighted by Crippen LogP contribution is -2.53. The molecule has 0 saturated heterocycles. The van der Waals surface area contributed by atoms with Crippen LogP contribution in [0.1, 0.15) is 24.0 Å². The lowest BCUT2D eigenvalue weighted by atomic mass is 9.93. The average molecular weight is 427 g/mol. The van der Waals surface area contributed by atoms with Gasteiger partial charge in [-0.1, -0.05) is 72.8 Å². The number of fused-ring (bicyclic) bond motifs is 1. The molecule has 1 unspecified atom stereocenters. The van der Waals surface area contributed by atoms with Gasteiger partial charge in [0.15, 0.2) is 6.10 Å². The van der Waals surface area contributed by atoms with Gasteiger partial charge in [0.05, 0.1) is 17.6 Å². The predicted octanol–water partition coefficient (Wildman–Crippen LogP) is 3.87. The number of carbonyl (C=O) groups is 2. The van der Waals surface area contributed by atoms with E-state index < -0.39 is 11.5 Å². The Morgan fingerprint density at radius 3 is 2.28 bits per heavy atom. The van der Waals surface area contributed by atoms with E-state index in [1.807, 2.05) is 84.9 Å². The highest BCUT2D eigenvalue weighted by atomic mass is 16.5. The molecule has 1 N–H and O–H groups in total. The topological polar surface area (TPSA) is 58.6 Å². The number of ether oxygens (including phenoxy) is 1. The number of carbonyl (C=O) groups excluding carboxylic acids is 2. The second-order valence-electron chi connectivity index (χ2n) is 8.46. The standard InChI is InChI=1S/C27H26N2O3/c30-25(28-18-15-20-9-3-1-4-10-20)24-19-29(22-13-7-8-14-23(22)32-24)26(31)27(16-17-27)21-11-5-2-6-12-21/h1-14,24H,15-19H2,(H,28,30). The molecule has 0 radical (unpaired) electrons. The van der Waals surface area contributed by atoms with Gasteiger partial charge in [-0.05, 0) is 42.5 Å². The molecule has 2 amide bonds. The van der Waals surface area contributed by atoms with Crippen LogP contribution >= 0.6 is 0 Å². The molecule has 0 aromatic heterocycles. The molecule has 162 valence electrons. The van der Waals surface area contributed by atoms with Gasteiger partial charge in [-0.2, -0.15) is 0 Å². The molecule has 5 rings (SSSR count). The molecule has 5 heteroatoms. The van der Waals surface area contributed by atoms with Crippen molar-refractivity contribution in [3.05, 3.63) is 96.1 Å². The maximum absolute atomic E-state index is 13.8. The highest BCUT2D eigenvalue weighted by molar-refractivity contribution is 6.05. The van der Waals surface area contributed by atoms with Crippen molar-refractivity contribution in [2.24, 2.45) is 0 Å². The van der Waals surface area contributed by atoms with Gasteiger partial charge in [0.1, 0.15) is 5.75 Å². The summed E-state index contributed by atoms with van der Waals surface area (Å²) in [5, 5.41) is 2.98. The Labute approximate surface area is 188 Å². The fourth-order valence-electron chi connectivity index (χ4n) is 4.42. The van der Waals surface area contributed by atoms with Gasteiger partial charge in [0, 0.05) is 6.54 Å². The maximum Gasteiger partial charge on any atom is 0.262 e. The minimum atomic E-state index is -0.740. The molecule has 1 aliphatic carbocycles. The Bertz CT molecular complexity index is 1110. The van der Waals surface area contributed by atoms with E-state index in [0.29, 0.717) is 12.3 Å². The summed E-state index contributed by atoms with van der Waals surface area (Å²) < 4.78 is 6.01. The monoisotopic (exact) mass is 426 g/mol. The van der Waals surface area contributed by atoms with E-state index in [9.17, 15) is 9.59 Å². The Kier molecular flexibility index (Phi) is 5.39. The van der Waals surface area contributed by atoms with Crippen molar-refractivity contribution < 1.29 is 14.3 Å². The van der Waals surface area contributed by atoms with Crippen LogP contribution in [0.4, 0.5) is 5.69 Å². The highest BCUT2D eigenvalue weighted by Crippen LogP contribution is 2.51. The fourth-order valence-corrected chi connectivity index (χ4v) is 4.42. The molecule has 3 aromatic carbocycles. The maximum atomic E-state index is 13.8. The molecule has 32 heavy (non-hydrogen) atoms. The molecule has 3 aromatic rings. The van der Waals surface area contributed by atoms with Crippen LogP contribution in [-0.4, -0.2) is 31.0 Å². The second kappa shape index (κ2) is 8.50. The number of nitrogens with zero attached hydrogens (tertiary/aromatic N) is 1. The van der Waals surface area contributed by atoms with Crippen molar-refractivity contribution in [3.8, 4) is 5.75 Å². The third kappa shape index (κ3) is 3.86. The summed E-state index contributed by atoms with van der Waals surface area (Å²) in [5.41, 5.74) is 2.43. The van der Waals surface area contributed by atoms with E-state index in [2.05, 4.69) is 5.32 Å². The number of hydrogen-bond donors (Lipinski definition) is 1. The van der Waals surface area contributed by atoms with Crippen molar-refractivity contribution in [3.63, 3.8) is 0 Å². The predicted molar refractivity (Wildman–Crippen MR) is 124 cm³/mol. The van der Waals surface area contributed by atoms with Gasteiger partial charge in [0.2, 0.25) is 5.91 Å². The van der Waals surface area contributed by atoms with Crippen LogP contribution in [0.2, 0.25) is 0 Å². The molecule has 1 aliphatic heterocycles. The molecular weight excluding hydrogens is 400 g/mol. The molecule has 0 spiro atoms. The number of amides is 2. The summed E-state index contributed by atoms with van der Waals surface area (Å²) in [7, 11) is 0. The lowest BCUT2D eigenvalue weighted by molar-refractivity contribution is -0.128. The number of anilines is 1. The largest absolute Gasteiger partial charge is 0.477 e. The zero-order valence-corrected chi connectivity index (χ0v) is 17.9. The van der Waals surface area contributed by atoms with E-state index in [1.54, 1.807) is 4.90 Å². The van der Waals surface area contributed by atoms with Gasteiger partial charge in [-0.25, -0.2) is 0 Å². The first-order valence-corrected chi connectivity index (χ1v) is 11.1. The molecule has 0 bridgehead atoms. The first-order valence-electron chi connectivity index (χ1n) is 11.1. The van der Waals surface area contributed by atoms with E-state index in [4.69, 9.17) is 4.74 Å². The lowest BCUT2D eigenvalue weighted by Gasteiger charge is -2.36. The van der Waals surface area contributed by atoms with Crippen LogP contribution in [0.3, 0.4) is 0 Å². The molecular formula is C27H26N2O3. The summed E-state index contributed by atoms with van der Waals surface area (Å²) in [6, 6.07) is 27.4. The number of para-hydroxylation sites is 2. The zero-order chi connectivity index (χ0) is 22.0. The van der Waals surface area contributed by atoms with Gasteiger partial charge in [0.25, 0.3) is 5.91 Å². The van der Waals surface area contributed by atoms with Crippen molar-refractivity contribution >= 4 is 17.5 Å². The number of nitrogens with one attached hydrogen (secondary N) is 1. The van der Waals surface area contributed by atoms with Gasteiger partial charge in [-0.15, -0.1) is 0 Å². The minimum absolute atomic E-state index is 0.0431. The van der Waals surface area contributed by atoms with E-state index in [0.717, 1.165) is 36.1 Å². The van der Waals surface area contributed by atoms with E-state index in [1.165, 1.54) is 0 Å². The Balaban J connectivity index is 1.33. The third-order valence-electron chi connectivity index (χ3n) is 6.35.